The van der Waals surface area contributed by atoms with E-state index in [1.165, 1.54) is 5.56 Å². The molecule has 4 aromatic carbocycles. The number of carbonyl (C=O) groups is 2. The van der Waals surface area contributed by atoms with E-state index in [0.29, 0.717) is 37.7 Å². The summed E-state index contributed by atoms with van der Waals surface area (Å²) >= 11 is 0. The molecule has 61 heavy (non-hydrogen) atoms. The van der Waals surface area contributed by atoms with Gasteiger partial charge in [0.05, 0.1) is 31.2 Å². The van der Waals surface area contributed by atoms with Crippen LogP contribution in [0.5, 0.6) is 5.75 Å². The third kappa shape index (κ3) is 9.57. The Morgan fingerprint density at radius 3 is 2.05 bits per heavy atom. The van der Waals surface area contributed by atoms with Crippen LogP contribution < -0.4 is 10.4 Å². The molecule has 0 saturated carbocycles. The third-order valence-corrected chi connectivity index (χ3v) is 18.4. The van der Waals surface area contributed by atoms with E-state index >= 15 is 0 Å². The van der Waals surface area contributed by atoms with E-state index in [-0.39, 0.29) is 41.9 Å². The molecule has 0 radical (unpaired) electrons. The number of aliphatic hydroxyl groups excluding tert-OH is 2. The molecule has 0 unspecified atom stereocenters. The van der Waals surface area contributed by atoms with E-state index in [4.69, 9.17) is 4.43 Å². The van der Waals surface area contributed by atoms with Gasteiger partial charge in [0.15, 0.2) is 0 Å². The lowest BCUT2D eigenvalue weighted by atomic mass is 9.68. The molecule has 2 fully saturated rings. The summed E-state index contributed by atoms with van der Waals surface area (Å²) in [5, 5.41) is 35.9. The van der Waals surface area contributed by atoms with Gasteiger partial charge in [-0.05, 0) is 88.3 Å². The van der Waals surface area contributed by atoms with Crippen molar-refractivity contribution < 1.29 is 29.3 Å². The molecule has 2 heterocycles. The molecule has 4 atom stereocenters. The summed E-state index contributed by atoms with van der Waals surface area (Å²) in [5.41, 5.74) is 4.74. The number of nitrogens with zero attached hydrogens (tertiary/aromatic N) is 2. The number of benzene rings is 4. The fraction of sp³-hybridized carbons (Fsp3) is 0.423. The minimum absolute atomic E-state index is 0.161. The lowest BCUT2D eigenvalue weighted by Crippen LogP contribution is -2.66. The zero-order chi connectivity index (χ0) is 43.1. The van der Waals surface area contributed by atoms with Gasteiger partial charge in [-0.15, -0.1) is 0 Å². The predicted molar refractivity (Wildman–Crippen MR) is 246 cm³/mol. The molecular weight excluding hydrogens is 777 g/mol. The van der Waals surface area contributed by atoms with Gasteiger partial charge in [-0.1, -0.05) is 149 Å². The molecule has 2 aliphatic heterocycles. The molecule has 7 rings (SSSR count). The predicted octanol–water partition coefficient (Wildman–Crippen LogP) is 7.87. The van der Waals surface area contributed by atoms with Crippen molar-refractivity contribution in [2.24, 2.45) is 17.8 Å². The maximum Gasteiger partial charge on any atom is 0.261 e. The van der Waals surface area contributed by atoms with Crippen LogP contribution in [0.4, 0.5) is 0 Å². The van der Waals surface area contributed by atoms with E-state index < -0.39 is 32.2 Å². The summed E-state index contributed by atoms with van der Waals surface area (Å²) < 4.78 is 7.49. The minimum atomic E-state index is -3.04. The molecule has 3 aliphatic rings. The van der Waals surface area contributed by atoms with Gasteiger partial charge in [-0.3, -0.25) is 19.4 Å². The fourth-order valence-corrected chi connectivity index (χ4v) is 15.1. The number of aromatic hydroxyl groups is 1. The van der Waals surface area contributed by atoms with Gasteiger partial charge in [0, 0.05) is 31.6 Å². The Bertz CT molecular complexity index is 2120. The summed E-state index contributed by atoms with van der Waals surface area (Å²) in [7, 11) is -3.04. The van der Waals surface area contributed by atoms with Crippen LogP contribution in [-0.4, -0.2) is 83.7 Å². The third-order valence-electron chi connectivity index (χ3n) is 13.4. The van der Waals surface area contributed by atoms with Gasteiger partial charge in [-0.25, -0.2) is 0 Å². The van der Waals surface area contributed by atoms with Crippen LogP contribution in [0.2, 0.25) is 5.04 Å². The number of aliphatic hydroxyl groups is 2. The molecule has 2 amide bonds. The first-order chi connectivity index (χ1) is 29.4. The Hall–Kier alpha value is -4.64. The first-order valence-electron chi connectivity index (χ1n) is 22.3. The molecule has 0 aromatic heterocycles. The normalized spacial score (nSPS) is 21.2. The second-order valence-electron chi connectivity index (χ2n) is 18.4. The zero-order valence-electron chi connectivity index (χ0n) is 36.4. The monoisotopic (exact) mass is 840 g/mol. The van der Waals surface area contributed by atoms with E-state index in [9.17, 15) is 24.9 Å². The highest BCUT2D eigenvalue weighted by molar-refractivity contribution is 6.99. The average Bonchev–Trinajstić information content (AvgIpc) is 3.51. The number of allylic oxidation sites excluding steroid dienone is 1. The van der Waals surface area contributed by atoms with E-state index in [2.05, 4.69) is 99.3 Å². The maximum absolute atomic E-state index is 14.7. The largest absolute Gasteiger partial charge is 0.508 e. The van der Waals surface area contributed by atoms with Crippen molar-refractivity contribution in [3.8, 4) is 5.75 Å². The molecule has 0 bridgehead atoms. The number of likely N-dealkylation sites (tertiary alicyclic amines) is 2. The van der Waals surface area contributed by atoms with Crippen LogP contribution >= 0.6 is 0 Å². The Kier molecular flexibility index (Phi) is 14.3. The van der Waals surface area contributed by atoms with Crippen LogP contribution in [-0.2, 0) is 20.6 Å². The van der Waals surface area contributed by atoms with Crippen molar-refractivity contribution >= 4 is 36.6 Å². The van der Waals surface area contributed by atoms with E-state index in [1.54, 1.807) is 17.0 Å². The SMILES string of the molecule is CCC/C(=C\c1cccc(O)c1)CC[C@@H](O)C1=C(CO[Si](c2ccccc2)(c2ccccc2)C(C)(C)C)C[C@H]2C(=O)N(C3CCN(Cc4ccccc4)CC3)C(=O)[C@H]2[C@H]1CO. The van der Waals surface area contributed by atoms with Crippen LogP contribution in [0.1, 0.15) is 83.8 Å². The lowest BCUT2D eigenvalue weighted by Gasteiger charge is -2.44. The molecule has 2 saturated heterocycles. The zero-order valence-corrected chi connectivity index (χ0v) is 37.4. The van der Waals surface area contributed by atoms with Gasteiger partial charge in [0.25, 0.3) is 8.32 Å². The van der Waals surface area contributed by atoms with Crippen molar-refractivity contribution in [3.63, 3.8) is 0 Å². The lowest BCUT2D eigenvalue weighted by molar-refractivity contribution is -0.144. The maximum atomic E-state index is 14.7. The molecule has 0 spiro atoms. The summed E-state index contributed by atoms with van der Waals surface area (Å²) in [4.78, 5) is 33.3. The average molecular weight is 841 g/mol. The van der Waals surface area contributed by atoms with Crippen LogP contribution in [0.25, 0.3) is 6.08 Å². The first-order valence-corrected chi connectivity index (χ1v) is 24.2. The molecular formula is C52H64N2O6Si. The topological polar surface area (TPSA) is 111 Å². The Morgan fingerprint density at radius 2 is 1.48 bits per heavy atom. The van der Waals surface area contributed by atoms with Gasteiger partial charge < -0.3 is 19.7 Å². The molecule has 1 aliphatic carbocycles. The fourth-order valence-electron chi connectivity index (χ4n) is 10.5. The van der Waals surface area contributed by atoms with Gasteiger partial charge in [0.2, 0.25) is 11.8 Å². The standard InChI is InChI=1S/C52H64N2O6Si/c1-5-16-37(31-39-19-15-20-42(56)32-39)25-26-47(57)48-40(36-60-61(52(2,3)4,43-21-11-7-12-22-43)44-23-13-8-14-24-44)33-45-49(46(48)35-55)51(59)54(50(45)58)41-27-29-53(30-28-41)34-38-17-9-6-10-18-38/h6-15,17-24,31-32,41,45-47,49,55-57H,5,16,25-30,33-36H2,1-4H3/b37-31+/t45-,46+,47-,49-/m1/s1. The van der Waals surface area contributed by atoms with Gasteiger partial charge >= 0.3 is 0 Å². The number of phenols is 1. The van der Waals surface area contributed by atoms with Crippen LogP contribution in [0, 0.1) is 17.8 Å². The van der Waals surface area contributed by atoms with Crippen molar-refractivity contribution in [3.05, 3.63) is 143 Å². The van der Waals surface area contributed by atoms with Crippen LogP contribution in [0.15, 0.2) is 132 Å². The van der Waals surface area contributed by atoms with Gasteiger partial charge in [0.1, 0.15) is 5.75 Å². The summed E-state index contributed by atoms with van der Waals surface area (Å²) in [6.45, 7) is 11.0. The number of fused-ring (bicyclic) bond motifs is 1. The summed E-state index contributed by atoms with van der Waals surface area (Å²) in [6.07, 6.45) is 5.51. The van der Waals surface area contributed by atoms with Crippen molar-refractivity contribution in [2.45, 2.75) is 96.4 Å². The quantitative estimate of drug-likeness (QED) is 0.0599. The van der Waals surface area contributed by atoms with E-state index in [1.807, 2.05) is 42.5 Å². The minimum Gasteiger partial charge on any atom is -0.508 e. The van der Waals surface area contributed by atoms with E-state index in [0.717, 1.165) is 59.6 Å². The summed E-state index contributed by atoms with van der Waals surface area (Å²) in [5.74, 6) is -2.30. The highest BCUT2D eigenvalue weighted by atomic mass is 28.4. The number of rotatable bonds is 16. The molecule has 322 valence electrons. The molecule has 9 heteroatoms. The number of hydrogen-bond donors (Lipinski definition) is 3. The van der Waals surface area contributed by atoms with Crippen molar-refractivity contribution in [1.29, 1.82) is 0 Å². The highest BCUT2D eigenvalue weighted by Crippen LogP contribution is 2.48. The first kappa shape index (κ1) is 44.4. The second kappa shape index (κ2) is 19.6. The molecule has 3 N–H and O–H groups in total. The number of imide groups is 1. The number of hydrogen-bond acceptors (Lipinski definition) is 7. The summed E-state index contributed by atoms with van der Waals surface area (Å²) in [6, 6.07) is 38.2. The van der Waals surface area contributed by atoms with Crippen molar-refractivity contribution in [2.75, 3.05) is 26.3 Å². The molecule has 4 aromatic rings. The Labute approximate surface area is 363 Å². The highest BCUT2D eigenvalue weighted by Gasteiger charge is 2.57. The van der Waals surface area contributed by atoms with Crippen molar-refractivity contribution in [1.82, 2.24) is 9.80 Å². The smallest absolute Gasteiger partial charge is 0.261 e. The Balaban J connectivity index is 1.22. The van der Waals surface area contributed by atoms with Crippen LogP contribution in [0.3, 0.4) is 0 Å². The number of amides is 2. The Morgan fingerprint density at radius 1 is 0.852 bits per heavy atom. The number of carbonyl (C=O) groups excluding carboxylic acids is 2. The number of phenolic OH excluding ortho intramolecular Hbond substituents is 1. The number of piperidine rings is 1. The second-order valence-corrected chi connectivity index (χ2v) is 22.7. The van der Waals surface area contributed by atoms with Gasteiger partial charge in [-0.2, -0.15) is 0 Å². The molecule has 8 nitrogen and oxygen atoms in total.